The van der Waals surface area contributed by atoms with Gasteiger partial charge in [0.1, 0.15) is 0 Å². The fraction of sp³-hybridized carbons (Fsp3) is 0.500. The van der Waals surface area contributed by atoms with Gasteiger partial charge in [-0.05, 0) is 30.2 Å². The number of rotatable bonds is 7. The Morgan fingerprint density at radius 1 is 1.29 bits per heavy atom. The monoisotopic (exact) mass is 350 g/mol. The van der Waals surface area contributed by atoms with Crippen LogP contribution in [0.1, 0.15) is 31.0 Å². The van der Waals surface area contributed by atoms with Gasteiger partial charge in [-0.1, -0.05) is 47.1 Å². The van der Waals surface area contributed by atoms with Crippen molar-refractivity contribution in [3.05, 3.63) is 46.2 Å². The zero-order valence-corrected chi connectivity index (χ0v) is 14.5. The SMILES string of the molecule is CC(C)CNCC(Cc1cn(C)nn1)c1cccc(Br)c1. The van der Waals surface area contributed by atoms with Crippen LogP contribution in [0, 0.1) is 5.92 Å². The van der Waals surface area contributed by atoms with Gasteiger partial charge in [-0.3, -0.25) is 4.68 Å². The summed E-state index contributed by atoms with van der Waals surface area (Å²) in [6, 6.07) is 8.52. The second-order valence-electron chi connectivity index (χ2n) is 5.89. The minimum absolute atomic E-state index is 0.401. The molecule has 2 aromatic rings. The summed E-state index contributed by atoms with van der Waals surface area (Å²) in [4.78, 5) is 0. The van der Waals surface area contributed by atoms with Crippen LogP contribution >= 0.6 is 15.9 Å². The number of aromatic nitrogens is 3. The normalized spacial score (nSPS) is 12.8. The van der Waals surface area contributed by atoms with Crippen molar-refractivity contribution in [2.24, 2.45) is 13.0 Å². The largest absolute Gasteiger partial charge is 0.316 e. The lowest BCUT2D eigenvalue weighted by molar-refractivity contribution is 0.512. The molecular formula is C16H23BrN4. The van der Waals surface area contributed by atoms with E-state index < -0.39 is 0 Å². The Kier molecular flexibility index (Phi) is 5.94. The predicted octanol–water partition coefficient (Wildman–Crippen LogP) is 3.15. The maximum atomic E-state index is 4.22. The van der Waals surface area contributed by atoms with Gasteiger partial charge in [0.15, 0.2) is 0 Å². The van der Waals surface area contributed by atoms with Crippen molar-refractivity contribution in [1.29, 1.82) is 0 Å². The minimum Gasteiger partial charge on any atom is -0.316 e. The summed E-state index contributed by atoms with van der Waals surface area (Å²) >= 11 is 3.56. The number of halogens is 1. The summed E-state index contributed by atoms with van der Waals surface area (Å²) in [6.07, 6.45) is 2.89. The van der Waals surface area contributed by atoms with Crippen molar-refractivity contribution in [2.45, 2.75) is 26.2 Å². The summed E-state index contributed by atoms with van der Waals surface area (Å²) in [6.45, 7) is 6.43. The highest BCUT2D eigenvalue weighted by molar-refractivity contribution is 9.10. The first kappa shape index (κ1) is 16.2. The van der Waals surface area contributed by atoms with Gasteiger partial charge in [-0.2, -0.15) is 0 Å². The second-order valence-corrected chi connectivity index (χ2v) is 6.81. The molecule has 21 heavy (non-hydrogen) atoms. The number of benzene rings is 1. The average Bonchev–Trinajstić information content (AvgIpc) is 2.83. The lowest BCUT2D eigenvalue weighted by Crippen LogP contribution is -2.26. The van der Waals surface area contributed by atoms with Crippen LogP contribution in [0.25, 0.3) is 0 Å². The molecule has 0 saturated carbocycles. The lowest BCUT2D eigenvalue weighted by Gasteiger charge is -2.18. The zero-order chi connectivity index (χ0) is 15.2. The van der Waals surface area contributed by atoms with Crippen LogP contribution in [-0.2, 0) is 13.5 Å². The zero-order valence-electron chi connectivity index (χ0n) is 12.9. The standard InChI is InChI=1S/C16H23BrN4/c1-12(2)9-18-10-14(8-16-11-21(3)20-19-16)13-5-4-6-15(17)7-13/h4-7,11-12,14,18H,8-10H2,1-3H3. The third-order valence-corrected chi connectivity index (χ3v) is 3.86. The van der Waals surface area contributed by atoms with E-state index in [0.717, 1.165) is 29.7 Å². The van der Waals surface area contributed by atoms with E-state index in [-0.39, 0.29) is 0 Å². The maximum Gasteiger partial charge on any atom is 0.0833 e. The van der Waals surface area contributed by atoms with Crippen molar-refractivity contribution in [3.63, 3.8) is 0 Å². The van der Waals surface area contributed by atoms with E-state index in [1.165, 1.54) is 5.56 Å². The summed E-state index contributed by atoms with van der Waals surface area (Å²) in [5, 5.41) is 11.8. The fourth-order valence-corrected chi connectivity index (χ4v) is 2.77. The molecule has 0 bridgehead atoms. The van der Waals surface area contributed by atoms with Gasteiger partial charge < -0.3 is 5.32 Å². The van der Waals surface area contributed by atoms with Gasteiger partial charge in [0.05, 0.1) is 5.69 Å². The van der Waals surface area contributed by atoms with Crippen LogP contribution in [0.2, 0.25) is 0 Å². The molecule has 0 aliphatic carbocycles. The highest BCUT2D eigenvalue weighted by Crippen LogP contribution is 2.22. The molecule has 4 nitrogen and oxygen atoms in total. The summed E-state index contributed by atoms with van der Waals surface area (Å²) in [5.41, 5.74) is 2.36. The van der Waals surface area contributed by atoms with E-state index in [4.69, 9.17) is 0 Å². The van der Waals surface area contributed by atoms with Crippen LogP contribution in [-0.4, -0.2) is 28.1 Å². The Bertz CT molecular complexity index is 565. The lowest BCUT2D eigenvalue weighted by atomic mass is 9.94. The number of hydrogen-bond donors (Lipinski definition) is 1. The highest BCUT2D eigenvalue weighted by atomic mass is 79.9. The van der Waals surface area contributed by atoms with Crippen molar-refractivity contribution in [3.8, 4) is 0 Å². The number of nitrogens with zero attached hydrogens (tertiary/aromatic N) is 3. The molecule has 2 rings (SSSR count). The third-order valence-electron chi connectivity index (χ3n) is 3.37. The Hall–Kier alpha value is -1.20. The molecule has 1 heterocycles. The Morgan fingerprint density at radius 2 is 2.10 bits per heavy atom. The van der Waals surface area contributed by atoms with Crippen LogP contribution in [0.4, 0.5) is 0 Å². The van der Waals surface area contributed by atoms with Gasteiger partial charge in [-0.25, -0.2) is 0 Å². The van der Waals surface area contributed by atoms with Crippen LogP contribution in [0.3, 0.4) is 0 Å². The highest BCUT2D eigenvalue weighted by Gasteiger charge is 2.15. The first-order valence-electron chi connectivity index (χ1n) is 7.36. The Labute approximate surface area is 135 Å². The molecule has 1 aromatic carbocycles. The van der Waals surface area contributed by atoms with E-state index >= 15 is 0 Å². The van der Waals surface area contributed by atoms with Gasteiger partial charge in [0.2, 0.25) is 0 Å². The van der Waals surface area contributed by atoms with Crippen molar-refractivity contribution >= 4 is 15.9 Å². The first-order valence-corrected chi connectivity index (χ1v) is 8.15. The van der Waals surface area contributed by atoms with E-state index in [2.05, 4.69) is 69.7 Å². The Balaban J connectivity index is 2.09. The average molecular weight is 351 g/mol. The molecule has 0 fully saturated rings. The van der Waals surface area contributed by atoms with E-state index in [1.54, 1.807) is 4.68 Å². The molecule has 1 unspecified atom stereocenters. The summed E-state index contributed by atoms with van der Waals surface area (Å²) in [7, 11) is 1.90. The molecule has 0 radical (unpaired) electrons. The fourth-order valence-electron chi connectivity index (χ4n) is 2.36. The van der Waals surface area contributed by atoms with Crippen LogP contribution in [0.15, 0.2) is 34.9 Å². The van der Waals surface area contributed by atoms with E-state index in [9.17, 15) is 0 Å². The molecular weight excluding hydrogens is 328 g/mol. The summed E-state index contributed by atoms with van der Waals surface area (Å²) in [5.74, 6) is 1.06. The molecule has 1 atom stereocenters. The van der Waals surface area contributed by atoms with Gasteiger partial charge >= 0.3 is 0 Å². The van der Waals surface area contributed by atoms with Crippen molar-refractivity contribution in [2.75, 3.05) is 13.1 Å². The topological polar surface area (TPSA) is 42.7 Å². The van der Waals surface area contributed by atoms with E-state index in [1.807, 2.05) is 13.2 Å². The van der Waals surface area contributed by atoms with Gasteiger partial charge in [-0.15, -0.1) is 5.10 Å². The summed E-state index contributed by atoms with van der Waals surface area (Å²) < 4.78 is 2.88. The third kappa shape index (κ3) is 5.25. The molecule has 1 aromatic heterocycles. The van der Waals surface area contributed by atoms with Crippen molar-refractivity contribution in [1.82, 2.24) is 20.3 Å². The number of hydrogen-bond acceptors (Lipinski definition) is 3. The molecule has 0 aliphatic heterocycles. The number of nitrogens with one attached hydrogen (secondary N) is 1. The smallest absolute Gasteiger partial charge is 0.0833 e. The molecule has 0 amide bonds. The van der Waals surface area contributed by atoms with Crippen LogP contribution in [0.5, 0.6) is 0 Å². The molecule has 0 spiro atoms. The predicted molar refractivity (Wildman–Crippen MR) is 89.3 cm³/mol. The van der Waals surface area contributed by atoms with Crippen molar-refractivity contribution < 1.29 is 0 Å². The van der Waals surface area contributed by atoms with Crippen LogP contribution < -0.4 is 5.32 Å². The Morgan fingerprint density at radius 3 is 2.71 bits per heavy atom. The quantitative estimate of drug-likeness (QED) is 0.833. The molecule has 1 N–H and O–H groups in total. The minimum atomic E-state index is 0.401. The molecule has 114 valence electrons. The first-order chi connectivity index (χ1) is 10.0. The van der Waals surface area contributed by atoms with E-state index in [0.29, 0.717) is 11.8 Å². The number of aryl methyl sites for hydroxylation is 1. The maximum absolute atomic E-state index is 4.22. The molecule has 5 heteroatoms. The molecule has 0 saturated heterocycles. The second kappa shape index (κ2) is 7.71. The van der Waals surface area contributed by atoms with Gasteiger partial charge in [0, 0.05) is 36.6 Å². The van der Waals surface area contributed by atoms with Gasteiger partial charge in [0.25, 0.3) is 0 Å². The molecule has 0 aliphatic rings.